The third kappa shape index (κ3) is 4.66. The van der Waals surface area contributed by atoms with Crippen molar-refractivity contribution in [1.29, 1.82) is 0 Å². The molecule has 174 valence electrons. The zero-order valence-electron chi connectivity index (χ0n) is 19.3. The number of esters is 1. The van der Waals surface area contributed by atoms with Crippen molar-refractivity contribution in [2.45, 2.75) is 77.9 Å². The van der Waals surface area contributed by atoms with E-state index in [2.05, 4.69) is 5.32 Å². The molecule has 0 aromatic heterocycles. The number of aliphatic hydroxyl groups excluding tert-OH is 1. The first-order valence-corrected chi connectivity index (χ1v) is 11.9. The van der Waals surface area contributed by atoms with Gasteiger partial charge in [-0.3, -0.25) is 14.4 Å². The lowest BCUT2D eigenvalue weighted by Crippen LogP contribution is -2.55. The first-order valence-electron chi connectivity index (χ1n) is 11.9. The molecule has 0 unspecified atom stereocenters. The number of aliphatic hydroxyl groups is 1. The van der Waals surface area contributed by atoms with Crippen LogP contribution in [0.15, 0.2) is 12.2 Å². The van der Waals surface area contributed by atoms with E-state index in [1.807, 2.05) is 32.9 Å². The number of carbonyl (C=O) groups excluding carboxylic acids is 3. The Morgan fingerprint density at radius 2 is 1.90 bits per heavy atom. The Labute approximate surface area is 185 Å². The molecular weight excluding hydrogens is 396 g/mol. The molecule has 3 rings (SSSR count). The molecule has 0 spiro atoms. The van der Waals surface area contributed by atoms with Crippen LogP contribution < -0.4 is 5.32 Å². The van der Waals surface area contributed by atoms with Crippen molar-refractivity contribution in [3.63, 3.8) is 0 Å². The Balaban J connectivity index is 1.96. The van der Waals surface area contributed by atoms with Crippen LogP contribution in [-0.4, -0.2) is 59.1 Å². The molecule has 0 bridgehead atoms. The number of hydrogen-bond donors (Lipinski definition) is 2. The van der Waals surface area contributed by atoms with E-state index in [0.29, 0.717) is 0 Å². The summed E-state index contributed by atoms with van der Waals surface area (Å²) in [4.78, 5) is 41.6. The van der Waals surface area contributed by atoms with E-state index in [9.17, 15) is 19.5 Å². The van der Waals surface area contributed by atoms with Crippen molar-refractivity contribution in [3.8, 4) is 0 Å². The number of rotatable bonds is 7. The van der Waals surface area contributed by atoms with Crippen molar-refractivity contribution in [1.82, 2.24) is 10.2 Å². The first-order chi connectivity index (χ1) is 14.8. The second-order valence-electron chi connectivity index (χ2n) is 9.65. The van der Waals surface area contributed by atoms with Gasteiger partial charge in [0.1, 0.15) is 6.04 Å². The van der Waals surface area contributed by atoms with Crippen molar-refractivity contribution >= 4 is 17.8 Å². The molecule has 1 saturated carbocycles. The van der Waals surface area contributed by atoms with Crippen LogP contribution in [-0.2, 0) is 19.1 Å². The Kier molecular flexibility index (Phi) is 7.78. The molecule has 6 atom stereocenters. The summed E-state index contributed by atoms with van der Waals surface area (Å²) in [6, 6.07) is -1.08. The van der Waals surface area contributed by atoms with E-state index in [4.69, 9.17) is 4.74 Å². The molecule has 0 radical (unpaired) electrons. The fourth-order valence-corrected chi connectivity index (χ4v) is 5.65. The van der Waals surface area contributed by atoms with E-state index < -0.39 is 29.8 Å². The summed E-state index contributed by atoms with van der Waals surface area (Å²) in [5, 5.41) is 13.3. The van der Waals surface area contributed by atoms with Gasteiger partial charge in [0.15, 0.2) is 0 Å². The number of nitrogens with zero attached hydrogens (tertiary/aromatic N) is 1. The number of amides is 2. The molecule has 0 aromatic carbocycles. The van der Waals surface area contributed by atoms with Gasteiger partial charge in [-0.15, -0.1) is 0 Å². The van der Waals surface area contributed by atoms with Crippen molar-refractivity contribution in [2.24, 2.45) is 29.6 Å². The summed E-state index contributed by atoms with van der Waals surface area (Å²) in [6.07, 6.45) is 9.15. The van der Waals surface area contributed by atoms with Gasteiger partial charge in [0, 0.05) is 12.0 Å². The highest BCUT2D eigenvalue weighted by Crippen LogP contribution is 2.45. The molecule has 2 fully saturated rings. The molecule has 2 N–H and O–H groups in total. The van der Waals surface area contributed by atoms with Crippen LogP contribution in [0.25, 0.3) is 0 Å². The fraction of sp³-hybridized carbons (Fsp3) is 0.792. The van der Waals surface area contributed by atoms with E-state index in [-0.39, 0.29) is 48.9 Å². The van der Waals surface area contributed by atoms with Gasteiger partial charge in [-0.2, -0.15) is 0 Å². The van der Waals surface area contributed by atoms with Crippen LogP contribution >= 0.6 is 0 Å². The molecular formula is C24H38N2O5. The third-order valence-corrected chi connectivity index (χ3v) is 7.30. The van der Waals surface area contributed by atoms with Crippen LogP contribution in [0.5, 0.6) is 0 Å². The lowest BCUT2D eigenvalue weighted by atomic mass is 9.70. The Bertz CT molecular complexity index is 700. The van der Waals surface area contributed by atoms with Gasteiger partial charge < -0.3 is 20.1 Å². The molecule has 7 nitrogen and oxygen atoms in total. The zero-order valence-corrected chi connectivity index (χ0v) is 19.3. The molecule has 31 heavy (non-hydrogen) atoms. The van der Waals surface area contributed by atoms with Crippen molar-refractivity contribution < 1.29 is 24.2 Å². The maximum Gasteiger partial charge on any atom is 0.310 e. The molecule has 0 aromatic rings. The van der Waals surface area contributed by atoms with Gasteiger partial charge in [0.05, 0.1) is 31.1 Å². The molecule has 1 heterocycles. The first kappa shape index (κ1) is 23.8. The van der Waals surface area contributed by atoms with Gasteiger partial charge in [0.25, 0.3) is 0 Å². The van der Waals surface area contributed by atoms with Crippen molar-refractivity contribution in [2.75, 3.05) is 13.2 Å². The van der Waals surface area contributed by atoms with Gasteiger partial charge in [-0.1, -0.05) is 52.2 Å². The SMILES string of the molecule is CCOC(=O)[C@H]1[C@@H]2C(=O)N([C@@H](CO)C(C)C)[C@H](C(=O)NC3CCCCC3)[C@H]2C=C[C@H]1C. The number of ether oxygens (including phenoxy) is 1. The molecule has 3 aliphatic rings. The van der Waals surface area contributed by atoms with Crippen LogP contribution in [0.1, 0.15) is 59.8 Å². The minimum absolute atomic E-state index is 0.0264. The van der Waals surface area contributed by atoms with E-state index in [0.717, 1.165) is 25.7 Å². The monoisotopic (exact) mass is 434 g/mol. The average molecular weight is 435 g/mol. The summed E-state index contributed by atoms with van der Waals surface area (Å²) < 4.78 is 5.30. The molecule has 2 aliphatic carbocycles. The third-order valence-electron chi connectivity index (χ3n) is 7.30. The molecule has 1 saturated heterocycles. The smallest absolute Gasteiger partial charge is 0.310 e. The molecule has 1 aliphatic heterocycles. The number of fused-ring (bicyclic) bond motifs is 1. The normalized spacial score (nSPS) is 32.1. The molecule has 2 amide bonds. The lowest BCUT2D eigenvalue weighted by molar-refractivity contribution is -0.156. The van der Waals surface area contributed by atoms with Gasteiger partial charge in [0.2, 0.25) is 11.8 Å². The second kappa shape index (κ2) is 10.2. The van der Waals surface area contributed by atoms with E-state index >= 15 is 0 Å². The van der Waals surface area contributed by atoms with Crippen molar-refractivity contribution in [3.05, 3.63) is 12.2 Å². The van der Waals surface area contributed by atoms with Crippen LogP contribution in [0.4, 0.5) is 0 Å². The summed E-state index contributed by atoms with van der Waals surface area (Å²) in [6.45, 7) is 7.56. The van der Waals surface area contributed by atoms with Gasteiger partial charge in [-0.25, -0.2) is 0 Å². The Morgan fingerprint density at radius 3 is 2.48 bits per heavy atom. The number of carbonyl (C=O) groups is 3. The van der Waals surface area contributed by atoms with Gasteiger partial charge in [-0.05, 0) is 31.6 Å². The zero-order chi connectivity index (χ0) is 22.7. The predicted octanol–water partition coefficient (Wildman–Crippen LogP) is 2.28. The number of nitrogens with one attached hydrogen (secondary N) is 1. The number of allylic oxidation sites excluding steroid dienone is 1. The Hall–Kier alpha value is -1.89. The maximum atomic E-state index is 13.7. The Morgan fingerprint density at radius 1 is 1.23 bits per heavy atom. The average Bonchev–Trinajstić information content (AvgIpc) is 3.02. The number of hydrogen-bond acceptors (Lipinski definition) is 5. The summed E-state index contributed by atoms with van der Waals surface area (Å²) in [7, 11) is 0. The quantitative estimate of drug-likeness (QED) is 0.473. The molecule has 7 heteroatoms. The lowest BCUT2D eigenvalue weighted by Gasteiger charge is -2.36. The minimum Gasteiger partial charge on any atom is -0.466 e. The highest BCUT2D eigenvalue weighted by atomic mass is 16.5. The van der Waals surface area contributed by atoms with Crippen LogP contribution in [0.3, 0.4) is 0 Å². The van der Waals surface area contributed by atoms with Gasteiger partial charge >= 0.3 is 5.97 Å². The van der Waals surface area contributed by atoms with Crippen LogP contribution in [0.2, 0.25) is 0 Å². The van der Waals surface area contributed by atoms with Crippen LogP contribution in [0, 0.1) is 29.6 Å². The maximum absolute atomic E-state index is 13.7. The fourth-order valence-electron chi connectivity index (χ4n) is 5.65. The van der Waals surface area contributed by atoms with E-state index in [1.165, 1.54) is 6.42 Å². The van der Waals surface area contributed by atoms with E-state index in [1.54, 1.807) is 11.8 Å². The topological polar surface area (TPSA) is 95.9 Å². The number of likely N-dealkylation sites (tertiary alicyclic amines) is 1. The predicted molar refractivity (Wildman–Crippen MR) is 117 cm³/mol. The standard InChI is InChI=1S/C24H38N2O5/c1-5-31-24(30)19-15(4)11-12-17-20(19)23(29)26(18(13-27)14(2)3)21(17)22(28)25-16-9-7-6-8-10-16/h11-12,14-21,27H,5-10,13H2,1-4H3,(H,25,28)/t15-,17+,18+,19-,20-,21+/m1/s1. The highest BCUT2D eigenvalue weighted by Gasteiger charge is 2.58. The largest absolute Gasteiger partial charge is 0.466 e. The summed E-state index contributed by atoms with van der Waals surface area (Å²) in [5.41, 5.74) is 0. The highest BCUT2D eigenvalue weighted by molar-refractivity contribution is 5.96. The minimum atomic E-state index is -0.723. The summed E-state index contributed by atoms with van der Waals surface area (Å²) in [5.74, 6) is -2.64. The second-order valence-corrected chi connectivity index (χ2v) is 9.65. The summed E-state index contributed by atoms with van der Waals surface area (Å²) >= 11 is 0.